The van der Waals surface area contributed by atoms with E-state index >= 15 is 0 Å². The third-order valence-electron chi connectivity index (χ3n) is 6.03. The minimum atomic E-state index is -3.81. The summed E-state index contributed by atoms with van der Waals surface area (Å²) in [6.07, 6.45) is 3.16. The van der Waals surface area contributed by atoms with Crippen LogP contribution >= 0.6 is 11.6 Å². The Bertz CT molecular complexity index is 1080. The van der Waals surface area contributed by atoms with Gasteiger partial charge in [-0.25, -0.2) is 18.4 Å². The number of sulfone groups is 1. The summed E-state index contributed by atoms with van der Waals surface area (Å²) in [4.78, 5) is 8.43. The van der Waals surface area contributed by atoms with E-state index in [4.69, 9.17) is 30.5 Å². The highest BCUT2D eigenvalue weighted by Crippen LogP contribution is 2.34. The standard InChI is InChI=1S/C23H36ClN5O6S/c1-14(2)34-21(22-25-9-17(24)10-26-22)16(4)36(30,31)13-20-27-28-23(19-8-7-15(3)35-19)29(20)18(11-32-5)12-33-6/h9-10,14-16,18-19,21H,7-8,11-13H2,1-6H3/t15-,16-,19-,21+/m0/s1. The molecule has 2 aromatic heterocycles. The second kappa shape index (κ2) is 12.7. The molecule has 0 radical (unpaired) electrons. The van der Waals surface area contributed by atoms with Crippen LogP contribution < -0.4 is 0 Å². The van der Waals surface area contributed by atoms with Crippen molar-refractivity contribution in [3.8, 4) is 0 Å². The molecule has 0 N–H and O–H groups in total. The van der Waals surface area contributed by atoms with Crippen molar-refractivity contribution in [3.05, 3.63) is 34.9 Å². The zero-order chi connectivity index (χ0) is 26.5. The van der Waals surface area contributed by atoms with Crippen molar-refractivity contribution >= 4 is 21.4 Å². The number of ether oxygens (including phenoxy) is 4. The third kappa shape index (κ3) is 6.99. The normalized spacial score (nSPS) is 20.4. The molecule has 1 saturated heterocycles. The number of rotatable bonds is 13. The average Bonchev–Trinajstić information content (AvgIpc) is 3.43. The molecule has 4 atom stereocenters. The van der Waals surface area contributed by atoms with Crippen molar-refractivity contribution in [2.45, 2.75) is 82.0 Å². The molecule has 1 aliphatic heterocycles. The first kappa shape index (κ1) is 28.9. The lowest BCUT2D eigenvalue weighted by Crippen LogP contribution is -2.33. The molecule has 0 bridgehead atoms. The molecular weight excluding hydrogens is 510 g/mol. The van der Waals surface area contributed by atoms with Gasteiger partial charge < -0.3 is 23.5 Å². The van der Waals surface area contributed by atoms with Crippen molar-refractivity contribution < 1.29 is 27.4 Å². The Morgan fingerprint density at radius 2 is 1.75 bits per heavy atom. The molecule has 0 aliphatic carbocycles. The van der Waals surface area contributed by atoms with Crippen molar-refractivity contribution in [1.82, 2.24) is 24.7 Å². The molecule has 0 unspecified atom stereocenters. The number of hydrogen-bond acceptors (Lipinski definition) is 10. The summed E-state index contributed by atoms with van der Waals surface area (Å²) in [5, 5.41) is 8.04. The van der Waals surface area contributed by atoms with Gasteiger partial charge >= 0.3 is 0 Å². The highest BCUT2D eigenvalue weighted by Gasteiger charge is 2.37. The van der Waals surface area contributed by atoms with Gasteiger partial charge in [-0.3, -0.25) is 0 Å². The minimum absolute atomic E-state index is 0.0870. The van der Waals surface area contributed by atoms with Gasteiger partial charge in [0.1, 0.15) is 23.8 Å². The number of aromatic nitrogens is 5. The van der Waals surface area contributed by atoms with Crippen LogP contribution in [0.4, 0.5) is 0 Å². The first-order chi connectivity index (χ1) is 17.1. The lowest BCUT2D eigenvalue weighted by Gasteiger charge is -2.26. The second-order valence-electron chi connectivity index (χ2n) is 9.30. The van der Waals surface area contributed by atoms with Gasteiger partial charge in [0.25, 0.3) is 0 Å². The van der Waals surface area contributed by atoms with Crippen LogP contribution in [-0.2, 0) is 34.5 Å². The van der Waals surface area contributed by atoms with E-state index in [1.165, 1.54) is 12.4 Å². The maximum absolute atomic E-state index is 13.7. The predicted octanol–water partition coefficient (Wildman–Crippen LogP) is 3.27. The Labute approximate surface area is 217 Å². The van der Waals surface area contributed by atoms with Gasteiger partial charge in [0.15, 0.2) is 21.5 Å². The molecule has 0 amide bonds. The van der Waals surface area contributed by atoms with Crippen LogP contribution in [0.25, 0.3) is 0 Å². The monoisotopic (exact) mass is 545 g/mol. The lowest BCUT2D eigenvalue weighted by molar-refractivity contribution is 0.00141. The van der Waals surface area contributed by atoms with Crippen molar-refractivity contribution in [3.63, 3.8) is 0 Å². The highest BCUT2D eigenvalue weighted by atomic mass is 35.5. The smallest absolute Gasteiger partial charge is 0.163 e. The summed E-state index contributed by atoms with van der Waals surface area (Å²) >= 11 is 5.93. The van der Waals surface area contributed by atoms with Gasteiger partial charge in [-0.2, -0.15) is 0 Å². The molecule has 11 nitrogen and oxygen atoms in total. The molecule has 0 spiro atoms. The molecule has 13 heteroatoms. The summed E-state index contributed by atoms with van der Waals surface area (Å²) in [7, 11) is -0.642. The van der Waals surface area contributed by atoms with Crippen LogP contribution in [0.5, 0.6) is 0 Å². The maximum atomic E-state index is 13.7. The van der Waals surface area contributed by atoms with E-state index in [-0.39, 0.29) is 35.9 Å². The quantitative estimate of drug-likeness (QED) is 0.370. The summed E-state index contributed by atoms with van der Waals surface area (Å²) in [6.45, 7) is 7.83. The van der Waals surface area contributed by atoms with Crippen molar-refractivity contribution in [1.29, 1.82) is 0 Å². The molecule has 0 aromatic carbocycles. The Kier molecular flexibility index (Phi) is 10.2. The summed E-state index contributed by atoms with van der Waals surface area (Å²) in [5.41, 5.74) is 0. The lowest BCUT2D eigenvalue weighted by atomic mass is 10.2. The van der Waals surface area contributed by atoms with E-state index < -0.39 is 21.2 Å². The van der Waals surface area contributed by atoms with Crippen molar-refractivity contribution in [2.75, 3.05) is 27.4 Å². The van der Waals surface area contributed by atoms with Gasteiger partial charge in [-0.05, 0) is 40.5 Å². The topological polar surface area (TPSA) is 128 Å². The molecule has 2 aromatic rings. The number of nitrogens with zero attached hydrogens (tertiary/aromatic N) is 5. The van der Waals surface area contributed by atoms with E-state index in [1.54, 1.807) is 25.7 Å². The fraction of sp³-hybridized carbons (Fsp3) is 0.739. The van der Waals surface area contributed by atoms with E-state index in [0.29, 0.717) is 29.9 Å². The first-order valence-electron chi connectivity index (χ1n) is 12.0. The fourth-order valence-corrected chi connectivity index (χ4v) is 5.75. The van der Waals surface area contributed by atoms with Crippen LogP contribution in [0, 0.1) is 0 Å². The van der Waals surface area contributed by atoms with E-state index in [1.807, 2.05) is 20.8 Å². The van der Waals surface area contributed by atoms with Crippen LogP contribution in [0.2, 0.25) is 5.02 Å². The molecule has 202 valence electrons. The fourth-order valence-electron chi connectivity index (χ4n) is 4.27. The molecule has 1 aliphatic rings. The third-order valence-corrected chi connectivity index (χ3v) is 8.27. The van der Waals surface area contributed by atoms with Crippen molar-refractivity contribution in [2.24, 2.45) is 0 Å². The molecule has 36 heavy (non-hydrogen) atoms. The summed E-state index contributed by atoms with van der Waals surface area (Å²) in [6, 6.07) is -0.327. The van der Waals surface area contributed by atoms with E-state index in [0.717, 1.165) is 12.8 Å². The minimum Gasteiger partial charge on any atom is -0.382 e. The van der Waals surface area contributed by atoms with Gasteiger partial charge in [0.2, 0.25) is 0 Å². The van der Waals surface area contributed by atoms with Crippen LogP contribution in [0.15, 0.2) is 12.4 Å². The van der Waals surface area contributed by atoms with Crippen LogP contribution in [-0.4, -0.2) is 78.0 Å². The summed E-state index contributed by atoms with van der Waals surface area (Å²) in [5.74, 6) is 0.752. The molecule has 0 saturated carbocycles. The zero-order valence-corrected chi connectivity index (χ0v) is 23.2. The summed E-state index contributed by atoms with van der Waals surface area (Å²) < 4.78 is 52.0. The first-order valence-corrected chi connectivity index (χ1v) is 14.1. The number of halogens is 1. The van der Waals surface area contributed by atoms with Gasteiger partial charge in [-0.15, -0.1) is 10.2 Å². The van der Waals surface area contributed by atoms with Crippen LogP contribution in [0.1, 0.15) is 76.3 Å². The number of hydrogen-bond donors (Lipinski definition) is 0. The average molecular weight is 546 g/mol. The Morgan fingerprint density at radius 3 is 2.28 bits per heavy atom. The van der Waals surface area contributed by atoms with Gasteiger partial charge in [-0.1, -0.05) is 11.6 Å². The second-order valence-corrected chi connectivity index (χ2v) is 12.1. The largest absolute Gasteiger partial charge is 0.382 e. The molecule has 1 fully saturated rings. The highest BCUT2D eigenvalue weighted by molar-refractivity contribution is 7.91. The molecule has 3 heterocycles. The molecular formula is C23H36ClN5O6S. The van der Waals surface area contributed by atoms with E-state index in [2.05, 4.69) is 20.2 Å². The van der Waals surface area contributed by atoms with E-state index in [9.17, 15) is 8.42 Å². The molecule has 3 rings (SSSR count). The Morgan fingerprint density at radius 1 is 1.11 bits per heavy atom. The predicted molar refractivity (Wildman–Crippen MR) is 133 cm³/mol. The Balaban J connectivity index is 1.97. The SMILES string of the molecule is COCC(COC)n1c(CS(=O)(=O)[C@@H](C)[C@@H](OC(C)C)c2ncc(Cl)cn2)nnc1[C@@H]1CC[C@H](C)O1. The zero-order valence-electron chi connectivity index (χ0n) is 21.6. The van der Waals surface area contributed by atoms with Crippen LogP contribution in [0.3, 0.4) is 0 Å². The maximum Gasteiger partial charge on any atom is 0.163 e. The van der Waals surface area contributed by atoms with Gasteiger partial charge in [0, 0.05) is 26.6 Å². The number of methoxy groups -OCH3 is 2. The van der Waals surface area contributed by atoms with Gasteiger partial charge in [0.05, 0.1) is 41.7 Å². The Hall–Kier alpha value is -1.70.